The van der Waals surface area contributed by atoms with Gasteiger partial charge in [-0.2, -0.15) is 0 Å². The van der Waals surface area contributed by atoms with Gasteiger partial charge in [-0.1, -0.05) is 6.92 Å². The van der Waals surface area contributed by atoms with E-state index in [1.807, 2.05) is 4.90 Å². The number of carbonyl (C=O) groups excluding carboxylic acids is 1. The number of rotatable bonds is 2. The Balaban J connectivity index is 1.91. The van der Waals surface area contributed by atoms with Crippen LogP contribution in [0.5, 0.6) is 0 Å². The van der Waals surface area contributed by atoms with Crippen molar-refractivity contribution in [1.29, 1.82) is 0 Å². The predicted octanol–water partition coefficient (Wildman–Crippen LogP) is 1.56. The fourth-order valence-electron chi connectivity index (χ4n) is 2.81. The number of aryl methyl sites for hydroxylation is 1. The van der Waals surface area contributed by atoms with Crippen molar-refractivity contribution in [3.63, 3.8) is 0 Å². The van der Waals surface area contributed by atoms with E-state index in [-0.39, 0.29) is 11.7 Å². The molecule has 2 aromatic heterocycles. The summed E-state index contributed by atoms with van der Waals surface area (Å²) in [5.74, 6) is -0.439. The third kappa shape index (κ3) is 2.51. The zero-order chi connectivity index (χ0) is 15.0. The van der Waals surface area contributed by atoms with Crippen LogP contribution in [-0.4, -0.2) is 57.8 Å². The molecule has 1 saturated heterocycles. The van der Waals surface area contributed by atoms with E-state index in [0.29, 0.717) is 30.1 Å². The summed E-state index contributed by atoms with van der Waals surface area (Å²) in [4.78, 5) is 21.2. The normalized spacial score (nSPS) is 16.6. The lowest BCUT2D eigenvalue weighted by molar-refractivity contribution is 0.0635. The molecule has 3 rings (SSSR count). The molecule has 3 heterocycles. The molecule has 1 aliphatic heterocycles. The molecule has 0 radical (unpaired) electrons. The first-order chi connectivity index (χ1) is 10.1. The van der Waals surface area contributed by atoms with Gasteiger partial charge in [-0.05, 0) is 25.6 Å². The van der Waals surface area contributed by atoms with Gasteiger partial charge >= 0.3 is 0 Å². The molecule has 0 bridgehead atoms. The Morgan fingerprint density at radius 2 is 2.00 bits per heavy atom. The number of carbonyl (C=O) groups is 1. The third-order valence-electron chi connectivity index (χ3n) is 4.07. The number of halogens is 1. The third-order valence-corrected chi connectivity index (χ3v) is 4.07. The summed E-state index contributed by atoms with van der Waals surface area (Å²) in [6, 6.07) is 2.95. The lowest BCUT2D eigenvalue weighted by atomic mass is 10.2. The van der Waals surface area contributed by atoms with E-state index < -0.39 is 0 Å². The maximum Gasteiger partial charge on any atom is 0.272 e. The van der Waals surface area contributed by atoms with Crippen molar-refractivity contribution >= 4 is 11.6 Å². The molecular weight excluding hydrogens is 271 g/mol. The van der Waals surface area contributed by atoms with Crippen LogP contribution in [0, 0.1) is 12.7 Å². The second kappa shape index (κ2) is 5.44. The van der Waals surface area contributed by atoms with E-state index >= 15 is 0 Å². The van der Waals surface area contributed by atoms with Gasteiger partial charge in [-0.3, -0.25) is 9.20 Å². The summed E-state index contributed by atoms with van der Waals surface area (Å²) in [5, 5.41) is 0. The lowest BCUT2D eigenvalue weighted by Gasteiger charge is -2.34. The van der Waals surface area contributed by atoms with Crippen molar-refractivity contribution in [3.05, 3.63) is 35.5 Å². The minimum Gasteiger partial charge on any atom is -0.335 e. The van der Waals surface area contributed by atoms with Gasteiger partial charge in [0.15, 0.2) is 0 Å². The standard InChI is InChI=1S/C15H19FN4O/c1-3-18-6-8-19(9-7-18)15(21)14-11(2)17-13-5-4-12(16)10-20(13)14/h4-5,10H,3,6-9H2,1-2H3. The zero-order valence-electron chi connectivity index (χ0n) is 12.3. The summed E-state index contributed by atoms with van der Waals surface area (Å²) in [6.45, 7) is 8.08. The molecule has 0 saturated carbocycles. The Kier molecular flexibility index (Phi) is 3.63. The highest BCUT2D eigenvalue weighted by atomic mass is 19.1. The smallest absolute Gasteiger partial charge is 0.272 e. The van der Waals surface area contributed by atoms with Gasteiger partial charge in [0.2, 0.25) is 0 Å². The van der Waals surface area contributed by atoms with Crippen LogP contribution < -0.4 is 0 Å². The molecule has 0 aromatic carbocycles. The number of fused-ring (bicyclic) bond motifs is 1. The number of nitrogens with zero attached hydrogens (tertiary/aromatic N) is 4. The Bertz CT molecular complexity index is 674. The van der Waals surface area contributed by atoms with E-state index in [4.69, 9.17) is 0 Å². The van der Waals surface area contributed by atoms with Crippen LogP contribution >= 0.6 is 0 Å². The summed E-state index contributed by atoms with van der Waals surface area (Å²) in [6.07, 6.45) is 1.32. The molecule has 21 heavy (non-hydrogen) atoms. The Labute approximate surface area is 123 Å². The summed E-state index contributed by atoms with van der Waals surface area (Å²) >= 11 is 0. The van der Waals surface area contributed by atoms with Crippen molar-refractivity contribution in [2.24, 2.45) is 0 Å². The number of hydrogen-bond acceptors (Lipinski definition) is 3. The van der Waals surface area contributed by atoms with E-state index in [2.05, 4.69) is 16.8 Å². The highest BCUT2D eigenvalue weighted by Crippen LogP contribution is 2.16. The van der Waals surface area contributed by atoms with Crippen molar-refractivity contribution in [2.75, 3.05) is 32.7 Å². The first-order valence-corrected chi connectivity index (χ1v) is 7.26. The van der Waals surface area contributed by atoms with Gasteiger partial charge in [-0.15, -0.1) is 0 Å². The Morgan fingerprint density at radius 3 is 2.67 bits per heavy atom. The molecule has 0 atom stereocenters. The van der Waals surface area contributed by atoms with Crippen LogP contribution in [0.25, 0.3) is 5.65 Å². The predicted molar refractivity (Wildman–Crippen MR) is 77.9 cm³/mol. The summed E-state index contributed by atoms with van der Waals surface area (Å²) in [5.41, 5.74) is 1.71. The topological polar surface area (TPSA) is 40.8 Å². The molecule has 112 valence electrons. The quantitative estimate of drug-likeness (QED) is 0.843. The second-order valence-corrected chi connectivity index (χ2v) is 5.35. The number of hydrogen-bond donors (Lipinski definition) is 0. The number of imidazole rings is 1. The first kappa shape index (κ1) is 14.0. The Morgan fingerprint density at radius 1 is 1.29 bits per heavy atom. The minimum atomic E-state index is -0.371. The molecule has 0 unspecified atom stereocenters. The second-order valence-electron chi connectivity index (χ2n) is 5.35. The van der Waals surface area contributed by atoms with Crippen LogP contribution in [0.3, 0.4) is 0 Å². The van der Waals surface area contributed by atoms with Crippen molar-refractivity contribution in [3.8, 4) is 0 Å². The van der Waals surface area contributed by atoms with Gasteiger partial charge in [0.05, 0.1) is 5.69 Å². The van der Waals surface area contributed by atoms with Crippen LogP contribution in [-0.2, 0) is 0 Å². The van der Waals surface area contributed by atoms with Gasteiger partial charge in [0.25, 0.3) is 5.91 Å². The lowest BCUT2D eigenvalue weighted by Crippen LogP contribution is -2.48. The van der Waals surface area contributed by atoms with Gasteiger partial charge in [-0.25, -0.2) is 9.37 Å². The van der Waals surface area contributed by atoms with Crippen molar-refractivity contribution < 1.29 is 9.18 Å². The number of pyridine rings is 1. The zero-order valence-corrected chi connectivity index (χ0v) is 12.3. The van der Waals surface area contributed by atoms with E-state index in [0.717, 1.165) is 19.6 Å². The maximum absolute atomic E-state index is 13.4. The molecule has 1 fully saturated rings. The van der Waals surface area contributed by atoms with Crippen molar-refractivity contribution in [1.82, 2.24) is 19.2 Å². The van der Waals surface area contributed by atoms with Crippen molar-refractivity contribution in [2.45, 2.75) is 13.8 Å². The first-order valence-electron chi connectivity index (χ1n) is 7.26. The largest absolute Gasteiger partial charge is 0.335 e. The van der Waals surface area contributed by atoms with Crippen LogP contribution in [0.15, 0.2) is 18.3 Å². The highest BCUT2D eigenvalue weighted by molar-refractivity contribution is 5.94. The van der Waals surface area contributed by atoms with Gasteiger partial charge < -0.3 is 9.80 Å². The number of likely N-dealkylation sites (N-methyl/N-ethyl adjacent to an activating group) is 1. The minimum absolute atomic E-state index is 0.0682. The summed E-state index contributed by atoms with van der Waals surface area (Å²) in [7, 11) is 0. The highest BCUT2D eigenvalue weighted by Gasteiger charge is 2.25. The van der Waals surface area contributed by atoms with Gasteiger partial charge in [0, 0.05) is 32.4 Å². The molecule has 0 N–H and O–H groups in total. The maximum atomic E-state index is 13.4. The number of piperazine rings is 1. The van der Waals surface area contributed by atoms with Gasteiger partial charge in [0.1, 0.15) is 17.2 Å². The Hall–Kier alpha value is -1.95. The molecule has 6 heteroatoms. The molecular formula is C15H19FN4O. The molecule has 0 spiro atoms. The molecule has 1 amide bonds. The molecule has 5 nitrogen and oxygen atoms in total. The van der Waals surface area contributed by atoms with E-state index in [1.54, 1.807) is 17.4 Å². The molecule has 0 aliphatic carbocycles. The summed E-state index contributed by atoms with van der Waals surface area (Å²) < 4.78 is 15.0. The monoisotopic (exact) mass is 290 g/mol. The number of aromatic nitrogens is 2. The fraction of sp³-hybridized carbons (Fsp3) is 0.467. The molecule has 2 aromatic rings. The van der Waals surface area contributed by atoms with E-state index in [1.165, 1.54) is 12.3 Å². The number of amides is 1. The van der Waals surface area contributed by atoms with E-state index in [9.17, 15) is 9.18 Å². The fourth-order valence-corrected chi connectivity index (χ4v) is 2.81. The van der Waals surface area contributed by atoms with Crippen LogP contribution in [0.2, 0.25) is 0 Å². The van der Waals surface area contributed by atoms with Crippen LogP contribution in [0.1, 0.15) is 23.1 Å². The SMILES string of the molecule is CCN1CCN(C(=O)c2c(C)nc3ccc(F)cn23)CC1. The molecule has 1 aliphatic rings. The average molecular weight is 290 g/mol. The average Bonchev–Trinajstić information content (AvgIpc) is 2.82. The van der Waals surface area contributed by atoms with Crippen LogP contribution in [0.4, 0.5) is 4.39 Å².